The van der Waals surface area contributed by atoms with Crippen LogP contribution in [0.15, 0.2) is 0 Å². The maximum absolute atomic E-state index is 5.34. The van der Waals surface area contributed by atoms with E-state index in [0.29, 0.717) is 12.1 Å². The summed E-state index contributed by atoms with van der Waals surface area (Å²) >= 11 is 0. The van der Waals surface area contributed by atoms with Crippen LogP contribution in [0.5, 0.6) is 0 Å². The Balaban J connectivity index is 2.25. The van der Waals surface area contributed by atoms with E-state index in [2.05, 4.69) is 26.1 Å². The van der Waals surface area contributed by atoms with Crippen molar-refractivity contribution in [1.82, 2.24) is 5.32 Å². The van der Waals surface area contributed by atoms with Gasteiger partial charge in [0.2, 0.25) is 0 Å². The fraction of sp³-hybridized carbons (Fsp3) is 1.00. The lowest BCUT2D eigenvalue weighted by Crippen LogP contribution is -2.45. The van der Waals surface area contributed by atoms with Crippen molar-refractivity contribution < 1.29 is 4.74 Å². The van der Waals surface area contributed by atoms with Crippen LogP contribution in [0.2, 0.25) is 0 Å². The molecule has 0 saturated heterocycles. The van der Waals surface area contributed by atoms with Gasteiger partial charge in [-0.05, 0) is 46.5 Å². The Morgan fingerprint density at radius 3 is 2.00 bits per heavy atom. The summed E-state index contributed by atoms with van der Waals surface area (Å²) in [6.07, 6.45) is 5.46. The third-order valence-corrected chi connectivity index (χ3v) is 2.64. The van der Waals surface area contributed by atoms with Crippen LogP contribution in [0.4, 0.5) is 0 Å². The maximum atomic E-state index is 5.34. The molecule has 1 saturated carbocycles. The van der Waals surface area contributed by atoms with Crippen LogP contribution in [0, 0.1) is 0 Å². The molecule has 1 N–H and O–H groups in total. The molecule has 0 bridgehead atoms. The highest BCUT2D eigenvalue weighted by molar-refractivity contribution is 4.82. The summed E-state index contributed by atoms with van der Waals surface area (Å²) in [5, 5.41) is 3.65. The lowest BCUT2D eigenvalue weighted by Gasteiger charge is -2.33. The molecule has 0 spiro atoms. The largest absolute Gasteiger partial charge is 0.381 e. The van der Waals surface area contributed by atoms with Crippen molar-refractivity contribution >= 4 is 0 Å². The summed E-state index contributed by atoms with van der Waals surface area (Å²) in [4.78, 5) is 0. The number of nitrogens with one attached hydrogen (secondary N) is 1. The van der Waals surface area contributed by atoms with Crippen molar-refractivity contribution in [2.24, 2.45) is 0 Å². The molecule has 2 nitrogen and oxygen atoms in total. The summed E-state index contributed by atoms with van der Waals surface area (Å²) in [7, 11) is 1.82. The van der Waals surface area contributed by atoms with Crippen LogP contribution >= 0.6 is 0 Å². The minimum atomic E-state index is 0.255. The van der Waals surface area contributed by atoms with E-state index in [4.69, 9.17) is 4.74 Å². The van der Waals surface area contributed by atoms with Gasteiger partial charge in [0.1, 0.15) is 0 Å². The number of rotatable bonds is 2. The average molecular weight is 185 g/mol. The molecule has 0 aromatic carbocycles. The Hall–Kier alpha value is -0.0800. The average Bonchev–Trinajstić information content (AvgIpc) is 2.03. The summed E-state index contributed by atoms with van der Waals surface area (Å²) in [5.74, 6) is 0. The first-order valence-corrected chi connectivity index (χ1v) is 5.32. The Bertz CT molecular complexity index is 143. The molecular formula is C11H23NO. The van der Waals surface area contributed by atoms with Gasteiger partial charge in [0, 0.05) is 18.7 Å². The van der Waals surface area contributed by atoms with Crippen LogP contribution in [0.1, 0.15) is 46.5 Å². The fourth-order valence-corrected chi connectivity index (χ4v) is 2.06. The van der Waals surface area contributed by atoms with Crippen molar-refractivity contribution in [2.75, 3.05) is 7.11 Å². The van der Waals surface area contributed by atoms with Gasteiger partial charge in [0.05, 0.1) is 6.10 Å². The summed E-state index contributed by atoms with van der Waals surface area (Å²) in [5.41, 5.74) is 0.255. The van der Waals surface area contributed by atoms with Gasteiger partial charge in [-0.3, -0.25) is 0 Å². The molecule has 78 valence electrons. The second kappa shape index (κ2) is 4.43. The third kappa shape index (κ3) is 4.10. The second-order valence-electron chi connectivity index (χ2n) is 5.10. The maximum Gasteiger partial charge on any atom is 0.0572 e. The van der Waals surface area contributed by atoms with E-state index < -0.39 is 0 Å². The predicted molar refractivity (Wildman–Crippen MR) is 55.9 cm³/mol. The smallest absolute Gasteiger partial charge is 0.0572 e. The highest BCUT2D eigenvalue weighted by Gasteiger charge is 2.23. The molecule has 0 amide bonds. The predicted octanol–water partition coefficient (Wildman–Crippen LogP) is 2.33. The van der Waals surface area contributed by atoms with E-state index in [9.17, 15) is 0 Å². The Morgan fingerprint density at radius 2 is 1.62 bits per heavy atom. The van der Waals surface area contributed by atoms with E-state index in [-0.39, 0.29) is 5.54 Å². The minimum Gasteiger partial charge on any atom is -0.381 e. The number of ether oxygens (including phenoxy) is 1. The van der Waals surface area contributed by atoms with E-state index in [1.165, 1.54) is 25.7 Å². The zero-order chi connectivity index (χ0) is 9.90. The highest BCUT2D eigenvalue weighted by atomic mass is 16.5. The number of methoxy groups -OCH3 is 1. The van der Waals surface area contributed by atoms with Crippen LogP contribution in [-0.4, -0.2) is 24.8 Å². The van der Waals surface area contributed by atoms with Gasteiger partial charge in [-0.2, -0.15) is 0 Å². The standard InChI is InChI=1S/C11H23NO/c1-11(2,3)12-9-5-7-10(13-4)8-6-9/h9-10,12H,5-8H2,1-4H3/t9-,10-. The van der Waals surface area contributed by atoms with Gasteiger partial charge in [0.15, 0.2) is 0 Å². The number of hydrogen-bond acceptors (Lipinski definition) is 2. The summed E-state index contributed by atoms with van der Waals surface area (Å²) < 4.78 is 5.34. The van der Waals surface area contributed by atoms with Crippen molar-refractivity contribution in [3.8, 4) is 0 Å². The van der Waals surface area contributed by atoms with Gasteiger partial charge < -0.3 is 10.1 Å². The van der Waals surface area contributed by atoms with Crippen molar-refractivity contribution in [3.63, 3.8) is 0 Å². The zero-order valence-electron chi connectivity index (χ0n) is 9.39. The molecule has 0 aromatic heterocycles. The van der Waals surface area contributed by atoms with Crippen molar-refractivity contribution in [1.29, 1.82) is 0 Å². The van der Waals surface area contributed by atoms with Gasteiger partial charge in [-0.1, -0.05) is 0 Å². The minimum absolute atomic E-state index is 0.255. The normalized spacial score (nSPS) is 30.5. The molecule has 0 radical (unpaired) electrons. The molecule has 0 heterocycles. The Kier molecular flexibility index (Phi) is 3.74. The summed E-state index contributed by atoms with van der Waals surface area (Å²) in [6.45, 7) is 6.69. The molecule has 0 atom stereocenters. The van der Waals surface area contributed by atoms with Gasteiger partial charge in [-0.15, -0.1) is 0 Å². The monoisotopic (exact) mass is 185 g/mol. The van der Waals surface area contributed by atoms with Crippen LogP contribution in [0.3, 0.4) is 0 Å². The molecule has 0 aromatic rings. The SMILES string of the molecule is CO[C@H]1CC[C@H](NC(C)(C)C)CC1. The van der Waals surface area contributed by atoms with Gasteiger partial charge in [0.25, 0.3) is 0 Å². The quantitative estimate of drug-likeness (QED) is 0.713. The first-order chi connectivity index (χ1) is 6.01. The van der Waals surface area contributed by atoms with Crippen LogP contribution in [-0.2, 0) is 4.74 Å². The molecule has 1 aliphatic rings. The first kappa shape index (κ1) is 11.0. The third-order valence-electron chi connectivity index (χ3n) is 2.64. The zero-order valence-corrected chi connectivity index (χ0v) is 9.39. The molecule has 1 fully saturated rings. The molecule has 0 aliphatic heterocycles. The van der Waals surface area contributed by atoms with Gasteiger partial charge >= 0.3 is 0 Å². The van der Waals surface area contributed by atoms with Crippen molar-refractivity contribution in [3.05, 3.63) is 0 Å². The van der Waals surface area contributed by atoms with Crippen LogP contribution in [0.25, 0.3) is 0 Å². The molecule has 1 rings (SSSR count). The van der Waals surface area contributed by atoms with E-state index in [1.54, 1.807) is 0 Å². The van der Waals surface area contributed by atoms with E-state index in [1.807, 2.05) is 7.11 Å². The Morgan fingerprint density at radius 1 is 1.08 bits per heavy atom. The van der Waals surface area contributed by atoms with E-state index >= 15 is 0 Å². The first-order valence-electron chi connectivity index (χ1n) is 5.32. The second-order valence-corrected chi connectivity index (χ2v) is 5.10. The number of hydrogen-bond donors (Lipinski definition) is 1. The lowest BCUT2D eigenvalue weighted by atomic mass is 9.91. The molecule has 1 aliphatic carbocycles. The van der Waals surface area contributed by atoms with Crippen molar-refractivity contribution in [2.45, 2.75) is 64.1 Å². The van der Waals surface area contributed by atoms with Crippen LogP contribution < -0.4 is 5.32 Å². The van der Waals surface area contributed by atoms with E-state index in [0.717, 1.165) is 0 Å². The Labute approximate surface area is 82.0 Å². The molecule has 2 heteroatoms. The fourth-order valence-electron chi connectivity index (χ4n) is 2.06. The molecular weight excluding hydrogens is 162 g/mol. The molecule has 13 heavy (non-hydrogen) atoms. The highest BCUT2D eigenvalue weighted by Crippen LogP contribution is 2.22. The summed E-state index contributed by atoms with van der Waals surface area (Å²) in [6, 6.07) is 0.700. The lowest BCUT2D eigenvalue weighted by molar-refractivity contribution is 0.0594. The van der Waals surface area contributed by atoms with Gasteiger partial charge in [-0.25, -0.2) is 0 Å². The topological polar surface area (TPSA) is 21.3 Å². The molecule has 0 unspecified atom stereocenters.